The molecule has 0 saturated carbocycles. The lowest BCUT2D eigenvalue weighted by molar-refractivity contribution is 0.479. The maximum atomic E-state index is 13.7. The molecule has 0 amide bonds. The van der Waals surface area contributed by atoms with Gasteiger partial charge in [-0.2, -0.15) is 0 Å². The van der Waals surface area contributed by atoms with Crippen LogP contribution >= 0.6 is 15.9 Å². The summed E-state index contributed by atoms with van der Waals surface area (Å²) in [6.45, 7) is 1.46. The Bertz CT molecular complexity index is 790. The van der Waals surface area contributed by atoms with Crippen LogP contribution < -0.4 is 10.5 Å². The average molecular weight is 381 g/mol. The Morgan fingerprint density at radius 3 is 2.52 bits per heavy atom. The Morgan fingerprint density at radius 2 is 1.95 bits per heavy atom. The van der Waals surface area contributed by atoms with Gasteiger partial charge in [0.25, 0.3) is 10.0 Å². The second-order valence-electron chi connectivity index (χ2n) is 4.19. The lowest BCUT2D eigenvalue weighted by Crippen LogP contribution is -2.14. The first kappa shape index (κ1) is 15.9. The van der Waals surface area contributed by atoms with E-state index in [1.807, 2.05) is 4.72 Å². The van der Waals surface area contributed by atoms with Gasteiger partial charge in [-0.05, 0) is 28.9 Å². The molecule has 5 nitrogen and oxygen atoms in total. The van der Waals surface area contributed by atoms with E-state index in [1.165, 1.54) is 13.0 Å². The van der Waals surface area contributed by atoms with Crippen LogP contribution in [0.4, 0.5) is 14.5 Å². The summed E-state index contributed by atoms with van der Waals surface area (Å²) in [7, 11) is -4.11. The van der Waals surface area contributed by atoms with Crippen molar-refractivity contribution < 1.29 is 21.6 Å². The summed E-state index contributed by atoms with van der Waals surface area (Å²) in [5.41, 5.74) is 4.87. The van der Waals surface area contributed by atoms with Gasteiger partial charge >= 0.3 is 0 Å². The molecule has 0 saturated heterocycles. The maximum Gasteiger partial charge on any atom is 0.265 e. The molecule has 2 rings (SSSR count). The number of nitrogens with one attached hydrogen (secondary N) is 1. The van der Waals surface area contributed by atoms with Crippen molar-refractivity contribution in [3.8, 4) is 0 Å². The van der Waals surface area contributed by atoms with Crippen molar-refractivity contribution in [3.05, 3.63) is 45.8 Å². The predicted octanol–water partition coefficient (Wildman–Crippen LogP) is 2.89. The van der Waals surface area contributed by atoms with E-state index < -0.39 is 27.3 Å². The molecule has 0 aliphatic heterocycles. The summed E-state index contributed by atoms with van der Waals surface area (Å²) in [5.74, 6) is -1.32. The van der Waals surface area contributed by atoms with E-state index in [0.717, 1.165) is 12.1 Å². The molecule has 2 aromatic rings. The molecule has 0 spiro atoms. The minimum Gasteiger partial charge on any atom is -0.464 e. The molecule has 9 heteroatoms. The first-order valence-corrected chi connectivity index (χ1v) is 7.99. The molecule has 1 aromatic heterocycles. The van der Waals surface area contributed by atoms with Crippen molar-refractivity contribution in [3.63, 3.8) is 0 Å². The van der Waals surface area contributed by atoms with E-state index in [1.54, 1.807) is 0 Å². The maximum absolute atomic E-state index is 13.7. The molecule has 0 bridgehead atoms. The van der Waals surface area contributed by atoms with E-state index in [-0.39, 0.29) is 27.4 Å². The summed E-state index contributed by atoms with van der Waals surface area (Å²) in [6, 6.07) is 2.82. The molecular formula is C12H11BrF2N2O3S. The zero-order chi connectivity index (χ0) is 15.8. The molecule has 0 fully saturated rings. The fourth-order valence-electron chi connectivity index (χ4n) is 1.69. The number of anilines is 1. The third-order valence-electron chi connectivity index (χ3n) is 2.67. The molecule has 1 heterocycles. The second kappa shape index (κ2) is 5.74. The van der Waals surface area contributed by atoms with Crippen LogP contribution in [0.2, 0.25) is 0 Å². The van der Waals surface area contributed by atoms with E-state index in [4.69, 9.17) is 10.2 Å². The number of rotatable bonds is 4. The minimum atomic E-state index is -4.11. The molecule has 21 heavy (non-hydrogen) atoms. The SMILES string of the molecule is Cc1oc(CN)cc1S(=O)(=O)Nc1cc(F)c(Br)cc1F. The monoisotopic (exact) mass is 380 g/mol. The van der Waals surface area contributed by atoms with Crippen molar-refractivity contribution in [2.45, 2.75) is 18.4 Å². The number of hydrogen-bond donors (Lipinski definition) is 2. The largest absolute Gasteiger partial charge is 0.464 e. The Morgan fingerprint density at radius 1 is 1.29 bits per heavy atom. The fraction of sp³-hybridized carbons (Fsp3) is 0.167. The van der Waals surface area contributed by atoms with Crippen LogP contribution in [0.3, 0.4) is 0 Å². The van der Waals surface area contributed by atoms with Gasteiger partial charge in [0.1, 0.15) is 28.1 Å². The highest BCUT2D eigenvalue weighted by Gasteiger charge is 2.23. The quantitative estimate of drug-likeness (QED) is 0.798. The van der Waals surface area contributed by atoms with E-state index in [0.29, 0.717) is 0 Å². The van der Waals surface area contributed by atoms with Crippen molar-refractivity contribution in [2.75, 3.05) is 4.72 Å². The average Bonchev–Trinajstić information content (AvgIpc) is 2.78. The van der Waals surface area contributed by atoms with Crippen LogP contribution in [0.5, 0.6) is 0 Å². The topological polar surface area (TPSA) is 85.3 Å². The van der Waals surface area contributed by atoms with Crippen LogP contribution in [-0.2, 0) is 16.6 Å². The highest BCUT2D eigenvalue weighted by Crippen LogP contribution is 2.27. The molecule has 0 unspecified atom stereocenters. The van der Waals surface area contributed by atoms with Gasteiger partial charge in [0.05, 0.1) is 16.7 Å². The van der Waals surface area contributed by atoms with Crippen molar-refractivity contribution in [2.24, 2.45) is 5.73 Å². The van der Waals surface area contributed by atoms with Crippen molar-refractivity contribution >= 4 is 31.6 Å². The summed E-state index contributed by atoms with van der Waals surface area (Å²) < 4.78 is 58.5. The van der Waals surface area contributed by atoms with E-state index in [9.17, 15) is 17.2 Å². The number of furan rings is 1. The van der Waals surface area contributed by atoms with Crippen LogP contribution in [-0.4, -0.2) is 8.42 Å². The number of halogens is 3. The Labute approximate surface area is 128 Å². The second-order valence-corrected chi connectivity index (χ2v) is 6.69. The van der Waals surface area contributed by atoms with Crippen LogP contribution in [0.15, 0.2) is 32.0 Å². The predicted molar refractivity (Wildman–Crippen MR) is 76.2 cm³/mol. The Balaban J connectivity index is 2.42. The Kier molecular flexibility index (Phi) is 4.35. The van der Waals surface area contributed by atoms with Gasteiger partial charge in [0.15, 0.2) is 0 Å². The van der Waals surface area contributed by atoms with Gasteiger partial charge in [-0.15, -0.1) is 0 Å². The normalized spacial score (nSPS) is 11.7. The number of aryl methyl sites for hydroxylation is 1. The number of benzene rings is 1. The van der Waals surface area contributed by atoms with Crippen molar-refractivity contribution in [1.82, 2.24) is 0 Å². The molecule has 0 aliphatic carbocycles. The zero-order valence-electron chi connectivity index (χ0n) is 10.8. The van der Waals surface area contributed by atoms with Gasteiger partial charge < -0.3 is 10.2 Å². The number of hydrogen-bond acceptors (Lipinski definition) is 4. The minimum absolute atomic E-state index is 0.0254. The Hall–Kier alpha value is -1.45. The zero-order valence-corrected chi connectivity index (χ0v) is 13.2. The summed E-state index contributed by atoms with van der Waals surface area (Å²) in [4.78, 5) is -0.175. The van der Waals surface area contributed by atoms with Gasteiger partial charge in [-0.1, -0.05) is 0 Å². The van der Waals surface area contributed by atoms with Crippen molar-refractivity contribution in [1.29, 1.82) is 0 Å². The molecule has 114 valence electrons. The third kappa shape index (κ3) is 3.25. The standard InChI is InChI=1S/C12H11BrF2N2O3S/c1-6-12(2-7(5-16)20-6)21(18,19)17-11-4-9(14)8(13)3-10(11)15/h2-4,17H,5,16H2,1H3. The van der Waals surface area contributed by atoms with Gasteiger partial charge in [0, 0.05) is 12.1 Å². The number of sulfonamides is 1. The highest BCUT2D eigenvalue weighted by molar-refractivity contribution is 9.10. The summed E-state index contributed by atoms with van der Waals surface area (Å²) in [5, 5.41) is 0. The van der Waals surface area contributed by atoms with Crippen LogP contribution in [0.1, 0.15) is 11.5 Å². The van der Waals surface area contributed by atoms with Gasteiger partial charge in [-0.25, -0.2) is 17.2 Å². The highest BCUT2D eigenvalue weighted by atomic mass is 79.9. The lowest BCUT2D eigenvalue weighted by Gasteiger charge is -2.08. The number of nitrogens with two attached hydrogens (primary N) is 1. The molecule has 0 radical (unpaired) electrons. The van der Waals surface area contributed by atoms with Crippen LogP contribution in [0, 0.1) is 18.6 Å². The molecule has 1 aromatic carbocycles. The molecule has 0 aliphatic rings. The lowest BCUT2D eigenvalue weighted by atomic mass is 10.3. The molecular weight excluding hydrogens is 370 g/mol. The smallest absolute Gasteiger partial charge is 0.265 e. The van der Waals surface area contributed by atoms with Crippen LogP contribution in [0.25, 0.3) is 0 Å². The fourth-order valence-corrected chi connectivity index (χ4v) is 3.27. The van der Waals surface area contributed by atoms with E-state index >= 15 is 0 Å². The van der Waals surface area contributed by atoms with Gasteiger partial charge in [-0.3, -0.25) is 4.72 Å². The summed E-state index contributed by atoms with van der Waals surface area (Å²) in [6.07, 6.45) is 0. The van der Waals surface area contributed by atoms with E-state index in [2.05, 4.69) is 15.9 Å². The van der Waals surface area contributed by atoms with Gasteiger partial charge in [0.2, 0.25) is 0 Å². The first-order chi connectivity index (χ1) is 9.74. The third-order valence-corrected chi connectivity index (χ3v) is 4.75. The molecule has 3 N–H and O–H groups in total. The molecule has 0 atom stereocenters. The first-order valence-electron chi connectivity index (χ1n) is 5.71. The summed E-state index contributed by atoms with van der Waals surface area (Å²) >= 11 is 2.81.